The number of rotatable bonds is 9. The molecule has 7 rings (SSSR count). The summed E-state index contributed by atoms with van der Waals surface area (Å²) < 4.78 is 11.7. The van der Waals surface area contributed by atoms with Crippen LogP contribution in [0.15, 0.2) is 97.3 Å². The predicted molar refractivity (Wildman–Crippen MR) is 167 cm³/mol. The van der Waals surface area contributed by atoms with Crippen LogP contribution in [-0.2, 0) is 6.54 Å². The molecular weight excluding hydrogens is 522 g/mol. The fourth-order valence-electron chi connectivity index (χ4n) is 6.46. The molecule has 4 aromatic carbocycles. The highest BCUT2D eigenvalue weighted by Gasteiger charge is 2.56. The summed E-state index contributed by atoms with van der Waals surface area (Å²) in [5.41, 5.74) is 5.40. The van der Waals surface area contributed by atoms with E-state index in [9.17, 15) is 0 Å². The molecule has 1 saturated heterocycles. The minimum absolute atomic E-state index is 0.631. The minimum Gasteiger partial charge on any atom is -0.493 e. The van der Waals surface area contributed by atoms with Gasteiger partial charge in [0.05, 0.1) is 12.6 Å². The van der Waals surface area contributed by atoms with E-state index in [1.165, 1.54) is 24.2 Å². The predicted octanol–water partition coefficient (Wildman–Crippen LogP) is 6.83. The van der Waals surface area contributed by atoms with E-state index in [0.29, 0.717) is 11.5 Å². The Bertz CT molecular complexity index is 1690. The number of nitrogens with one attached hydrogen (secondary N) is 1. The molecule has 2 atom stereocenters. The van der Waals surface area contributed by atoms with Gasteiger partial charge in [0.25, 0.3) is 0 Å². The third-order valence-corrected chi connectivity index (χ3v) is 8.55. The number of anilines is 2. The average Bonchev–Trinajstić information content (AvgIpc) is 3.54. The van der Waals surface area contributed by atoms with Gasteiger partial charge >= 0.3 is 0 Å². The molecule has 2 heterocycles. The van der Waals surface area contributed by atoms with Crippen molar-refractivity contribution in [2.45, 2.75) is 12.6 Å². The number of fused-ring (bicyclic) bond motifs is 2. The zero-order chi connectivity index (χ0) is 28.6. The van der Waals surface area contributed by atoms with Gasteiger partial charge in [0.2, 0.25) is 0 Å². The summed E-state index contributed by atoms with van der Waals surface area (Å²) in [6.45, 7) is 3.44. The first kappa shape index (κ1) is 26.4. The molecule has 0 radical (unpaired) electrons. The Morgan fingerprint density at radius 2 is 1.60 bits per heavy atom. The van der Waals surface area contributed by atoms with Crippen LogP contribution in [0.3, 0.4) is 0 Å². The lowest BCUT2D eigenvalue weighted by molar-refractivity contribution is 0.244. The minimum atomic E-state index is 0.631. The number of benzene rings is 4. The maximum Gasteiger partial charge on any atom is 0.169 e. The topological polar surface area (TPSA) is 62.8 Å². The molecule has 1 aliphatic carbocycles. The van der Waals surface area contributed by atoms with Crippen LogP contribution in [0, 0.1) is 11.8 Å². The first-order chi connectivity index (χ1) is 20.6. The maximum atomic E-state index is 6.02. The summed E-state index contributed by atoms with van der Waals surface area (Å²) in [6.07, 6.45) is 1.59. The van der Waals surface area contributed by atoms with Crippen molar-refractivity contribution >= 4 is 22.4 Å². The van der Waals surface area contributed by atoms with Crippen LogP contribution in [0.2, 0.25) is 0 Å². The zero-order valence-corrected chi connectivity index (χ0v) is 24.2. The van der Waals surface area contributed by atoms with Gasteiger partial charge in [0.1, 0.15) is 17.9 Å². The van der Waals surface area contributed by atoms with Crippen LogP contribution >= 0.6 is 0 Å². The van der Waals surface area contributed by atoms with Gasteiger partial charge in [-0.05, 0) is 79.0 Å². The molecule has 42 heavy (non-hydrogen) atoms. The van der Waals surface area contributed by atoms with Gasteiger partial charge in [-0.25, -0.2) is 9.97 Å². The van der Waals surface area contributed by atoms with E-state index >= 15 is 0 Å². The van der Waals surface area contributed by atoms with Crippen LogP contribution < -0.4 is 14.8 Å². The number of nitrogens with zero attached hydrogens (tertiary/aromatic N) is 4. The van der Waals surface area contributed by atoms with Crippen LogP contribution in [0.4, 0.5) is 11.5 Å². The summed E-state index contributed by atoms with van der Waals surface area (Å²) in [6, 6.07) is 31.6. The lowest BCUT2D eigenvalue weighted by Crippen LogP contribution is -2.30. The Balaban J connectivity index is 1.07. The SMILES string of the molecule is COc1cc(Nc2ncnc3ccc(-c4ccc(CN5CC6C(C5)C6N(C)C)cc4)cc23)ccc1Oc1ccccc1. The third-order valence-electron chi connectivity index (χ3n) is 8.55. The van der Waals surface area contributed by atoms with E-state index < -0.39 is 0 Å². The van der Waals surface area contributed by atoms with Crippen molar-refractivity contribution in [2.24, 2.45) is 11.8 Å². The Hall–Kier alpha value is -4.46. The zero-order valence-electron chi connectivity index (χ0n) is 24.2. The standard InChI is InChI=1S/C35H35N5O2/c1-39(2)34-29-20-40(21-30(29)34)19-23-9-11-24(12-10-23)25-13-15-31-28(17-25)35(37-22-36-31)38-26-14-16-32(33(18-26)41-3)42-27-7-5-4-6-8-27/h4-18,22,29-30,34H,19-21H2,1-3H3,(H,36,37,38). The van der Waals surface area contributed by atoms with Crippen molar-refractivity contribution in [1.29, 1.82) is 0 Å². The van der Waals surface area contributed by atoms with Gasteiger partial charge in [-0.2, -0.15) is 0 Å². The number of ether oxygens (including phenoxy) is 2. The van der Waals surface area contributed by atoms with Crippen molar-refractivity contribution < 1.29 is 9.47 Å². The van der Waals surface area contributed by atoms with Crippen molar-refractivity contribution in [3.05, 3.63) is 103 Å². The second-order valence-electron chi connectivity index (χ2n) is 11.5. The molecule has 0 bridgehead atoms. The van der Waals surface area contributed by atoms with Crippen LogP contribution in [-0.4, -0.2) is 60.1 Å². The Kier molecular flexibility index (Phi) is 6.98. The molecule has 7 heteroatoms. The monoisotopic (exact) mass is 557 g/mol. The molecule has 2 aliphatic rings. The first-order valence-corrected chi connectivity index (χ1v) is 14.5. The van der Waals surface area contributed by atoms with Crippen molar-refractivity contribution in [3.8, 4) is 28.4 Å². The summed E-state index contributed by atoms with van der Waals surface area (Å²) >= 11 is 0. The highest BCUT2D eigenvalue weighted by Crippen LogP contribution is 2.48. The van der Waals surface area contributed by atoms with E-state index in [0.717, 1.165) is 58.1 Å². The molecule has 212 valence electrons. The van der Waals surface area contributed by atoms with Crippen LogP contribution in [0.1, 0.15) is 5.56 Å². The summed E-state index contributed by atoms with van der Waals surface area (Å²) in [5.74, 6) is 4.47. The lowest BCUT2D eigenvalue weighted by Gasteiger charge is -2.22. The first-order valence-electron chi connectivity index (χ1n) is 14.5. The van der Waals surface area contributed by atoms with E-state index in [1.807, 2.05) is 48.5 Å². The fourth-order valence-corrected chi connectivity index (χ4v) is 6.46. The highest BCUT2D eigenvalue weighted by atomic mass is 16.5. The average molecular weight is 558 g/mol. The molecule has 7 nitrogen and oxygen atoms in total. The fraction of sp³-hybridized carbons (Fsp3) is 0.257. The van der Waals surface area contributed by atoms with Gasteiger partial charge < -0.3 is 19.7 Å². The molecule has 0 amide bonds. The molecule has 1 N–H and O–H groups in total. The molecule has 2 fully saturated rings. The largest absolute Gasteiger partial charge is 0.493 e. The van der Waals surface area contributed by atoms with E-state index in [-0.39, 0.29) is 0 Å². The number of hydrogen-bond acceptors (Lipinski definition) is 7. The number of likely N-dealkylation sites (tertiary alicyclic amines) is 1. The quantitative estimate of drug-likeness (QED) is 0.213. The maximum absolute atomic E-state index is 6.02. The van der Waals surface area contributed by atoms with Gasteiger partial charge in [-0.3, -0.25) is 4.90 Å². The summed E-state index contributed by atoms with van der Waals surface area (Å²) in [7, 11) is 6.06. The number of piperidine rings is 1. The van der Waals surface area contributed by atoms with Crippen molar-refractivity contribution in [1.82, 2.24) is 19.8 Å². The normalized spacial score (nSPS) is 19.6. The second-order valence-corrected chi connectivity index (χ2v) is 11.5. The number of para-hydroxylation sites is 1. The summed E-state index contributed by atoms with van der Waals surface area (Å²) in [5, 5.41) is 4.42. The van der Waals surface area contributed by atoms with E-state index in [2.05, 4.69) is 81.6 Å². The third kappa shape index (κ3) is 5.29. The van der Waals surface area contributed by atoms with Gasteiger partial charge in [0, 0.05) is 42.8 Å². The van der Waals surface area contributed by atoms with E-state index in [4.69, 9.17) is 9.47 Å². The number of aromatic nitrogens is 2. The Morgan fingerprint density at radius 1 is 0.833 bits per heavy atom. The van der Waals surface area contributed by atoms with Gasteiger partial charge in [-0.15, -0.1) is 0 Å². The molecular formula is C35H35N5O2. The molecule has 1 saturated carbocycles. The molecule has 2 unspecified atom stereocenters. The molecule has 0 spiro atoms. The Morgan fingerprint density at radius 3 is 2.33 bits per heavy atom. The van der Waals surface area contributed by atoms with Crippen molar-refractivity contribution in [3.63, 3.8) is 0 Å². The molecule has 1 aliphatic heterocycles. The van der Waals surface area contributed by atoms with Crippen LogP contribution in [0.5, 0.6) is 17.2 Å². The number of hydrogen-bond donors (Lipinski definition) is 1. The smallest absolute Gasteiger partial charge is 0.169 e. The van der Waals surface area contributed by atoms with E-state index in [1.54, 1.807) is 13.4 Å². The molecule has 1 aromatic heterocycles. The second kappa shape index (κ2) is 11.1. The Labute approximate surface area is 246 Å². The van der Waals surface area contributed by atoms with Crippen molar-refractivity contribution in [2.75, 3.05) is 39.6 Å². The number of methoxy groups -OCH3 is 1. The highest BCUT2D eigenvalue weighted by molar-refractivity contribution is 5.94. The van der Waals surface area contributed by atoms with Gasteiger partial charge in [-0.1, -0.05) is 48.5 Å². The molecule has 5 aromatic rings. The summed E-state index contributed by atoms with van der Waals surface area (Å²) in [4.78, 5) is 14.1. The van der Waals surface area contributed by atoms with Gasteiger partial charge in [0.15, 0.2) is 11.5 Å². The lowest BCUT2D eigenvalue weighted by atomic mass is 10.0. The van der Waals surface area contributed by atoms with Crippen LogP contribution in [0.25, 0.3) is 22.0 Å².